The molecule has 1 saturated heterocycles. The van der Waals surface area contributed by atoms with Crippen LogP contribution in [0.2, 0.25) is 0 Å². The van der Waals surface area contributed by atoms with Gasteiger partial charge in [-0.15, -0.1) is 0 Å². The van der Waals surface area contributed by atoms with Gasteiger partial charge in [0.05, 0.1) is 24.3 Å². The Morgan fingerprint density at radius 2 is 1.88 bits per heavy atom. The number of hydrogen-bond acceptors (Lipinski definition) is 4. The predicted molar refractivity (Wildman–Crippen MR) is 86.3 cm³/mol. The highest BCUT2D eigenvalue weighted by Gasteiger charge is 2.49. The number of para-hydroxylation sites is 2. The maximum absolute atomic E-state index is 13.6. The maximum atomic E-state index is 13.6. The minimum absolute atomic E-state index is 0.0795. The zero-order valence-corrected chi connectivity index (χ0v) is 13.5. The lowest BCUT2D eigenvalue weighted by molar-refractivity contribution is -0.158. The van der Waals surface area contributed by atoms with Crippen molar-refractivity contribution in [1.29, 1.82) is 0 Å². The number of amides is 2. The first kappa shape index (κ1) is 17.7. The number of piperazine rings is 1. The molecule has 2 heterocycles. The third-order valence-electron chi connectivity index (χ3n) is 4.34. The van der Waals surface area contributed by atoms with Gasteiger partial charge in [-0.3, -0.25) is 19.4 Å². The fraction of sp³-hybridized carbons (Fsp3) is 0.500. The van der Waals surface area contributed by atoms with Crippen LogP contribution in [-0.2, 0) is 9.59 Å². The van der Waals surface area contributed by atoms with Gasteiger partial charge in [0.1, 0.15) is 6.04 Å². The van der Waals surface area contributed by atoms with E-state index in [1.807, 2.05) is 4.90 Å². The molecule has 0 aromatic heterocycles. The first-order valence-electron chi connectivity index (χ1n) is 8.07. The molecular weight excluding hydrogens is 337 g/mol. The highest BCUT2D eigenvalue weighted by Crippen LogP contribution is 2.37. The van der Waals surface area contributed by atoms with Crippen molar-refractivity contribution < 1.29 is 22.8 Å². The summed E-state index contributed by atoms with van der Waals surface area (Å²) in [6.07, 6.45) is -5.51. The second kappa shape index (κ2) is 7.01. The number of nitrogens with one attached hydrogen (secondary N) is 2. The Bertz CT molecular complexity index is 659. The number of alkyl halides is 3. The van der Waals surface area contributed by atoms with Gasteiger partial charge in [0.2, 0.25) is 11.8 Å². The maximum Gasteiger partial charge on any atom is 0.409 e. The normalized spacial score (nSPS) is 22.1. The molecule has 0 aliphatic carbocycles. The van der Waals surface area contributed by atoms with Crippen LogP contribution in [-0.4, -0.2) is 61.7 Å². The summed E-state index contributed by atoms with van der Waals surface area (Å²) in [5, 5.41) is 5.59. The van der Waals surface area contributed by atoms with Crippen LogP contribution in [0.4, 0.5) is 24.5 Å². The molecule has 2 aliphatic heterocycles. The number of carbonyl (C=O) groups excluding carboxylic acids is 2. The second-order valence-electron chi connectivity index (χ2n) is 6.12. The molecular formula is C16H19F3N4O2. The van der Waals surface area contributed by atoms with Gasteiger partial charge in [-0.2, -0.15) is 13.2 Å². The van der Waals surface area contributed by atoms with E-state index in [0.717, 1.165) is 4.90 Å². The molecule has 0 bridgehead atoms. The SMILES string of the molecule is O=C1CC(C(F)(F)F)N(C(=O)CN2CCNCC2)c2ccccc2N1. The van der Waals surface area contributed by atoms with Crippen LogP contribution in [0.1, 0.15) is 6.42 Å². The molecule has 1 atom stereocenters. The number of rotatable bonds is 2. The van der Waals surface area contributed by atoms with E-state index in [4.69, 9.17) is 0 Å². The van der Waals surface area contributed by atoms with Crippen LogP contribution in [0.15, 0.2) is 24.3 Å². The molecule has 136 valence electrons. The molecule has 25 heavy (non-hydrogen) atoms. The van der Waals surface area contributed by atoms with Crippen LogP contribution in [0.25, 0.3) is 0 Å². The molecule has 2 N–H and O–H groups in total. The van der Waals surface area contributed by atoms with E-state index in [1.54, 1.807) is 12.1 Å². The summed E-state index contributed by atoms with van der Waals surface area (Å²) in [5.74, 6) is -1.42. The standard InChI is InChI=1S/C16H19F3N4O2/c17-16(18,19)13-9-14(24)21-11-3-1-2-4-12(11)23(13)15(25)10-22-7-5-20-6-8-22/h1-4,13,20H,5-10H2,(H,21,24). The molecule has 0 radical (unpaired) electrons. The number of benzene rings is 1. The van der Waals surface area contributed by atoms with E-state index in [2.05, 4.69) is 10.6 Å². The Balaban J connectivity index is 1.95. The molecule has 9 heteroatoms. The van der Waals surface area contributed by atoms with Gasteiger partial charge in [-0.1, -0.05) is 12.1 Å². The fourth-order valence-electron chi connectivity index (χ4n) is 3.13. The topological polar surface area (TPSA) is 64.7 Å². The molecule has 2 amide bonds. The molecule has 0 saturated carbocycles. The van der Waals surface area contributed by atoms with E-state index in [9.17, 15) is 22.8 Å². The second-order valence-corrected chi connectivity index (χ2v) is 6.12. The van der Waals surface area contributed by atoms with E-state index in [1.165, 1.54) is 12.1 Å². The number of nitrogens with zero attached hydrogens (tertiary/aromatic N) is 2. The first-order valence-corrected chi connectivity index (χ1v) is 8.07. The number of carbonyl (C=O) groups is 2. The van der Waals surface area contributed by atoms with Gasteiger partial charge in [0, 0.05) is 26.2 Å². The molecule has 1 unspecified atom stereocenters. The van der Waals surface area contributed by atoms with Crippen LogP contribution >= 0.6 is 0 Å². The summed E-state index contributed by atoms with van der Waals surface area (Å²) in [6.45, 7) is 2.44. The largest absolute Gasteiger partial charge is 0.409 e. The quantitative estimate of drug-likeness (QED) is 0.836. The summed E-state index contributed by atoms with van der Waals surface area (Å²) < 4.78 is 40.7. The van der Waals surface area contributed by atoms with E-state index >= 15 is 0 Å². The monoisotopic (exact) mass is 356 g/mol. The fourth-order valence-corrected chi connectivity index (χ4v) is 3.13. The average Bonchev–Trinajstić information content (AvgIpc) is 2.71. The Labute approximate surface area is 143 Å². The van der Waals surface area contributed by atoms with Crippen molar-refractivity contribution >= 4 is 23.2 Å². The summed E-state index contributed by atoms with van der Waals surface area (Å²) in [7, 11) is 0. The average molecular weight is 356 g/mol. The summed E-state index contributed by atoms with van der Waals surface area (Å²) in [6, 6.07) is 3.90. The van der Waals surface area contributed by atoms with Gasteiger partial charge in [0.15, 0.2) is 0 Å². The van der Waals surface area contributed by atoms with Crippen molar-refractivity contribution in [3.63, 3.8) is 0 Å². The number of fused-ring (bicyclic) bond motifs is 1. The minimum Gasteiger partial charge on any atom is -0.324 e. The van der Waals surface area contributed by atoms with E-state index in [0.29, 0.717) is 26.2 Å². The Hall–Kier alpha value is -2.13. The third kappa shape index (κ3) is 3.93. The lowest BCUT2D eigenvalue weighted by Crippen LogP contribution is -2.54. The highest BCUT2D eigenvalue weighted by molar-refractivity contribution is 6.05. The van der Waals surface area contributed by atoms with Crippen LogP contribution < -0.4 is 15.5 Å². The predicted octanol–water partition coefficient (Wildman–Crippen LogP) is 1.20. The zero-order valence-electron chi connectivity index (χ0n) is 13.5. The number of anilines is 2. The van der Waals surface area contributed by atoms with Crippen molar-refractivity contribution in [2.24, 2.45) is 0 Å². The Morgan fingerprint density at radius 3 is 2.56 bits per heavy atom. The van der Waals surface area contributed by atoms with Crippen LogP contribution in [0, 0.1) is 0 Å². The van der Waals surface area contributed by atoms with Gasteiger partial charge in [-0.25, -0.2) is 0 Å². The molecule has 6 nitrogen and oxygen atoms in total. The smallest absolute Gasteiger partial charge is 0.324 e. The van der Waals surface area contributed by atoms with Gasteiger partial charge >= 0.3 is 6.18 Å². The minimum atomic E-state index is -4.70. The number of hydrogen-bond donors (Lipinski definition) is 2. The summed E-state index contributed by atoms with van der Waals surface area (Å²) >= 11 is 0. The van der Waals surface area contributed by atoms with Crippen molar-refractivity contribution in [2.75, 3.05) is 42.9 Å². The summed E-state index contributed by atoms with van der Waals surface area (Å²) in [5.41, 5.74) is 0.295. The van der Waals surface area contributed by atoms with Gasteiger partial charge < -0.3 is 10.6 Å². The van der Waals surface area contributed by atoms with Crippen LogP contribution in [0.3, 0.4) is 0 Å². The highest BCUT2D eigenvalue weighted by atomic mass is 19.4. The van der Waals surface area contributed by atoms with Crippen molar-refractivity contribution in [1.82, 2.24) is 10.2 Å². The first-order chi connectivity index (χ1) is 11.9. The molecule has 1 fully saturated rings. The zero-order chi connectivity index (χ0) is 18.0. The third-order valence-corrected chi connectivity index (χ3v) is 4.34. The summed E-state index contributed by atoms with van der Waals surface area (Å²) in [4.78, 5) is 27.2. The van der Waals surface area contributed by atoms with Crippen molar-refractivity contribution in [3.05, 3.63) is 24.3 Å². The number of halogens is 3. The lowest BCUT2D eigenvalue weighted by atomic mass is 10.1. The molecule has 2 aliphatic rings. The Kier molecular flexibility index (Phi) is 4.96. The van der Waals surface area contributed by atoms with Crippen molar-refractivity contribution in [2.45, 2.75) is 18.6 Å². The molecule has 0 spiro atoms. The van der Waals surface area contributed by atoms with E-state index < -0.39 is 30.5 Å². The van der Waals surface area contributed by atoms with Crippen LogP contribution in [0.5, 0.6) is 0 Å². The molecule has 1 aromatic rings. The molecule has 3 rings (SSSR count). The van der Waals surface area contributed by atoms with Crippen molar-refractivity contribution in [3.8, 4) is 0 Å². The van der Waals surface area contributed by atoms with Gasteiger partial charge in [0.25, 0.3) is 0 Å². The molecule has 1 aromatic carbocycles. The van der Waals surface area contributed by atoms with Gasteiger partial charge in [-0.05, 0) is 12.1 Å². The van der Waals surface area contributed by atoms with E-state index in [-0.39, 0.29) is 17.9 Å². The lowest BCUT2D eigenvalue weighted by Gasteiger charge is -2.34. The Morgan fingerprint density at radius 1 is 1.20 bits per heavy atom.